The topological polar surface area (TPSA) is 113 Å². The van der Waals surface area contributed by atoms with Crippen molar-refractivity contribution in [3.63, 3.8) is 0 Å². The van der Waals surface area contributed by atoms with Crippen LogP contribution in [0.2, 0.25) is 0 Å². The molecule has 3 rings (SSSR count). The van der Waals surface area contributed by atoms with Crippen molar-refractivity contribution in [2.24, 2.45) is 0 Å². The van der Waals surface area contributed by atoms with Crippen LogP contribution in [0, 0.1) is 0 Å². The first kappa shape index (κ1) is 11.3. The van der Waals surface area contributed by atoms with Crippen molar-refractivity contribution in [3.8, 4) is 17.3 Å². The number of nitrogen functional groups attached to an aromatic ring is 1. The molecule has 0 unspecified atom stereocenters. The molecule has 0 radical (unpaired) electrons. The van der Waals surface area contributed by atoms with Crippen molar-refractivity contribution in [2.75, 3.05) is 5.73 Å². The number of nitrogens with zero attached hydrogens (tertiary/aromatic N) is 8. The summed E-state index contributed by atoms with van der Waals surface area (Å²) in [5.41, 5.74) is 6.47. The minimum Gasteiger partial charge on any atom is -0.368 e. The van der Waals surface area contributed by atoms with E-state index in [1.165, 1.54) is 17.3 Å². The zero-order valence-corrected chi connectivity index (χ0v) is 10.2. The van der Waals surface area contributed by atoms with Crippen LogP contribution in [0.4, 0.5) is 5.95 Å². The minimum atomic E-state index is 0.125. The molecule has 0 atom stereocenters. The smallest absolute Gasteiger partial charge is 0.257 e. The molecule has 0 aliphatic heterocycles. The maximum Gasteiger partial charge on any atom is 0.257 e. The third kappa shape index (κ3) is 2.12. The van der Waals surface area contributed by atoms with Gasteiger partial charge >= 0.3 is 0 Å². The fraction of sp³-hybridized carbons (Fsp3) is 0.200. The van der Waals surface area contributed by atoms with E-state index in [2.05, 4.69) is 30.1 Å². The quantitative estimate of drug-likeness (QED) is 0.697. The van der Waals surface area contributed by atoms with Crippen LogP contribution in [-0.4, -0.2) is 39.5 Å². The van der Waals surface area contributed by atoms with E-state index in [0.29, 0.717) is 11.8 Å². The average Bonchev–Trinajstić information content (AvgIpc) is 3.09. The van der Waals surface area contributed by atoms with Gasteiger partial charge in [-0.15, -0.1) is 0 Å². The molecule has 0 aliphatic carbocycles. The molecular formula is C10H11N9. The second kappa shape index (κ2) is 4.44. The lowest BCUT2D eigenvalue weighted by Gasteiger charge is -2.02. The predicted octanol–water partition coefficient (Wildman–Crippen LogP) is -0.0821. The van der Waals surface area contributed by atoms with E-state index in [1.807, 2.05) is 13.1 Å². The SMILES string of the molecule is CCn1cc(-c2nc(N)nc(-n3cncn3)n2)cn1. The number of aromatic nitrogens is 8. The van der Waals surface area contributed by atoms with Crippen LogP contribution < -0.4 is 5.73 Å². The summed E-state index contributed by atoms with van der Waals surface area (Å²) in [4.78, 5) is 16.3. The van der Waals surface area contributed by atoms with E-state index in [0.717, 1.165) is 12.1 Å². The summed E-state index contributed by atoms with van der Waals surface area (Å²) < 4.78 is 3.20. The molecule has 3 aromatic heterocycles. The van der Waals surface area contributed by atoms with E-state index in [-0.39, 0.29) is 5.95 Å². The molecule has 0 bridgehead atoms. The molecule has 0 spiro atoms. The second-order valence-electron chi connectivity index (χ2n) is 3.74. The zero-order valence-electron chi connectivity index (χ0n) is 10.2. The Bertz CT molecular complexity index is 685. The van der Waals surface area contributed by atoms with E-state index < -0.39 is 0 Å². The first-order valence-corrected chi connectivity index (χ1v) is 5.65. The minimum absolute atomic E-state index is 0.125. The van der Waals surface area contributed by atoms with Gasteiger partial charge in [-0.05, 0) is 6.92 Å². The Morgan fingerprint density at radius 1 is 1.21 bits per heavy atom. The monoisotopic (exact) mass is 257 g/mol. The predicted molar refractivity (Wildman–Crippen MR) is 66.1 cm³/mol. The standard InChI is InChI=1S/C10H11N9/c1-2-18-4-7(3-13-18)8-15-9(11)17-10(16-8)19-6-12-5-14-19/h3-6H,2H2,1H3,(H2,11,15,16,17). The van der Waals surface area contributed by atoms with Crippen molar-refractivity contribution >= 4 is 5.95 Å². The maximum atomic E-state index is 5.69. The van der Waals surface area contributed by atoms with Crippen LogP contribution in [0.1, 0.15) is 6.92 Å². The first-order valence-electron chi connectivity index (χ1n) is 5.65. The van der Waals surface area contributed by atoms with Gasteiger partial charge in [-0.1, -0.05) is 0 Å². The molecule has 2 N–H and O–H groups in total. The summed E-state index contributed by atoms with van der Waals surface area (Å²) in [5.74, 6) is 0.904. The molecule has 96 valence electrons. The van der Waals surface area contributed by atoms with Gasteiger partial charge in [0.15, 0.2) is 5.82 Å². The van der Waals surface area contributed by atoms with Crippen LogP contribution in [0.5, 0.6) is 0 Å². The average molecular weight is 257 g/mol. The molecule has 3 aromatic rings. The lowest BCUT2D eigenvalue weighted by molar-refractivity contribution is 0.660. The highest BCUT2D eigenvalue weighted by molar-refractivity contribution is 5.54. The number of aryl methyl sites for hydroxylation is 1. The van der Waals surface area contributed by atoms with Gasteiger partial charge in [0.1, 0.15) is 12.7 Å². The highest BCUT2D eigenvalue weighted by atomic mass is 15.4. The Morgan fingerprint density at radius 3 is 2.79 bits per heavy atom. The molecule has 3 heterocycles. The Hall–Kier alpha value is -2.84. The lowest BCUT2D eigenvalue weighted by Crippen LogP contribution is -2.07. The van der Waals surface area contributed by atoms with Crippen LogP contribution in [0.25, 0.3) is 17.3 Å². The third-order valence-corrected chi connectivity index (χ3v) is 2.48. The van der Waals surface area contributed by atoms with Crippen molar-refractivity contribution in [1.29, 1.82) is 0 Å². The number of anilines is 1. The van der Waals surface area contributed by atoms with E-state index in [9.17, 15) is 0 Å². The highest BCUT2D eigenvalue weighted by Gasteiger charge is 2.10. The Morgan fingerprint density at radius 2 is 2.11 bits per heavy atom. The van der Waals surface area contributed by atoms with Gasteiger partial charge in [0.05, 0.1) is 11.8 Å². The number of hydrogen-bond acceptors (Lipinski definition) is 7. The summed E-state index contributed by atoms with van der Waals surface area (Å²) in [5, 5.41) is 8.13. The third-order valence-electron chi connectivity index (χ3n) is 2.48. The van der Waals surface area contributed by atoms with Crippen molar-refractivity contribution in [2.45, 2.75) is 13.5 Å². The molecule has 0 aliphatic rings. The van der Waals surface area contributed by atoms with Gasteiger partial charge in [0, 0.05) is 12.7 Å². The van der Waals surface area contributed by atoms with Gasteiger partial charge < -0.3 is 5.73 Å². The fourth-order valence-electron chi connectivity index (χ4n) is 1.58. The van der Waals surface area contributed by atoms with Crippen molar-refractivity contribution < 1.29 is 0 Å². The molecule has 9 heteroatoms. The fourth-order valence-corrected chi connectivity index (χ4v) is 1.58. The molecule has 9 nitrogen and oxygen atoms in total. The molecule has 0 aromatic carbocycles. The van der Waals surface area contributed by atoms with Gasteiger partial charge in [-0.2, -0.15) is 29.8 Å². The van der Waals surface area contributed by atoms with Gasteiger partial charge in [0.25, 0.3) is 5.95 Å². The normalized spacial score (nSPS) is 10.8. The summed E-state index contributed by atoms with van der Waals surface area (Å²) in [6, 6.07) is 0. The van der Waals surface area contributed by atoms with Crippen LogP contribution in [-0.2, 0) is 6.54 Å². The molecule has 0 amide bonds. The van der Waals surface area contributed by atoms with Gasteiger partial charge in [-0.3, -0.25) is 4.68 Å². The Balaban J connectivity index is 2.07. The lowest BCUT2D eigenvalue weighted by atomic mass is 10.3. The Labute approximate surface area is 108 Å². The zero-order chi connectivity index (χ0) is 13.2. The Kier molecular flexibility index (Phi) is 2.63. The first-order chi connectivity index (χ1) is 9.26. The number of nitrogens with two attached hydrogens (primary N) is 1. The molecule has 19 heavy (non-hydrogen) atoms. The molecule has 0 saturated heterocycles. The summed E-state index contributed by atoms with van der Waals surface area (Å²) in [6.45, 7) is 2.77. The van der Waals surface area contributed by atoms with Crippen LogP contribution >= 0.6 is 0 Å². The van der Waals surface area contributed by atoms with E-state index >= 15 is 0 Å². The van der Waals surface area contributed by atoms with Crippen molar-refractivity contribution in [3.05, 3.63) is 25.0 Å². The largest absolute Gasteiger partial charge is 0.368 e. The van der Waals surface area contributed by atoms with E-state index in [1.54, 1.807) is 10.9 Å². The van der Waals surface area contributed by atoms with Gasteiger partial charge in [0.2, 0.25) is 5.95 Å². The van der Waals surface area contributed by atoms with Crippen LogP contribution in [0.3, 0.4) is 0 Å². The van der Waals surface area contributed by atoms with Gasteiger partial charge in [-0.25, -0.2) is 4.98 Å². The molecule has 0 saturated carbocycles. The number of rotatable bonds is 3. The second-order valence-corrected chi connectivity index (χ2v) is 3.74. The summed E-state index contributed by atoms with van der Waals surface area (Å²) in [6.07, 6.45) is 6.42. The summed E-state index contributed by atoms with van der Waals surface area (Å²) >= 11 is 0. The highest BCUT2D eigenvalue weighted by Crippen LogP contribution is 2.15. The molecule has 0 fully saturated rings. The van der Waals surface area contributed by atoms with Crippen molar-refractivity contribution in [1.82, 2.24) is 39.5 Å². The molecular weight excluding hydrogens is 246 g/mol. The maximum absolute atomic E-state index is 5.69. The van der Waals surface area contributed by atoms with E-state index in [4.69, 9.17) is 5.73 Å². The van der Waals surface area contributed by atoms with Crippen LogP contribution in [0.15, 0.2) is 25.0 Å². The summed E-state index contributed by atoms with van der Waals surface area (Å²) in [7, 11) is 0. The number of hydrogen-bond donors (Lipinski definition) is 1.